The highest BCUT2D eigenvalue weighted by molar-refractivity contribution is 8.00. The summed E-state index contributed by atoms with van der Waals surface area (Å²) in [5, 5.41) is 4.22. The molecule has 0 amide bonds. The van der Waals surface area contributed by atoms with Crippen LogP contribution in [0.3, 0.4) is 0 Å². The average Bonchev–Trinajstić information content (AvgIpc) is 3.17. The number of para-hydroxylation sites is 1. The summed E-state index contributed by atoms with van der Waals surface area (Å²) in [5.74, 6) is 2.84. The second kappa shape index (κ2) is 8.43. The number of hydrogen-bond acceptors (Lipinski definition) is 3. The lowest BCUT2D eigenvalue weighted by molar-refractivity contribution is 0.380. The number of imidazole rings is 1. The van der Waals surface area contributed by atoms with Gasteiger partial charge < -0.3 is 14.8 Å². The Morgan fingerprint density at radius 3 is 2.96 bits per heavy atom. The van der Waals surface area contributed by atoms with Gasteiger partial charge in [0.1, 0.15) is 0 Å². The van der Waals surface area contributed by atoms with Gasteiger partial charge in [-0.2, -0.15) is 11.8 Å². The summed E-state index contributed by atoms with van der Waals surface area (Å²) in [5.41, 5.74) is 2.38. The van der Waals surface area contributed by atoms with E-state index in [2.05, 4.69) is 70.1 Å². The third-order valence-electron chi connectivity index (χ3n) is 4.56. The molecular formula is C19H27N5S. The second-order valence-electron chi connectivity index (χ2n) is 6.60. The molecule has 1 aromatic heterocycles. The topological polar surface area (TPSA) is 45.5 Å². The van der Waals surface area contributed by atoms with Gasteiger partial charge in [-0.05, 0) is 17.5 Å². The van der Waals surface area contributed by atoms with Crippen molar-refractivity contribution in [2.45, 2.75) is 25.6 Å². The number of guanidine groups is 1. The number of aromatic nitrogens is 2. The van der Waals surface area contributed by atoms with Gasteiger partial charge in [-0.25, -0.2) is 4.98 Å². The lowest BCUT2D eigenvalue weighted by Gasteiger charge is -2.36. The molecule has 1 aliphatic heterocycles. The number of benzene rings is 1. The van der Waals surface area contributed by atoms with E-state index < -0.39 is 0 Å². The van der Waals surface area contributed by atoms with Gasteiger partial charge in [-0.1, -0.05) is 32.0 Å². The van der Waals surface area contributed by atoms with Crippen LogP contribution in [0.15, 0.2) is 48.0 Å². The van der Waals surface area contributed by atoms with E-state index in [-0.39, 0.29) is 0 Å². The molecule has 2 aromatic rings. The molecule has 3 rings (SSSR count). The van der Waals surface area contributed by atoms with Crippen molar-refractivity contribution in [1.82, 2.24) is 19.8 Å². The summed E-state index contributed by atoms with van der Waals surface area (Å²) in [4.78, 5) is 11.1. The van der Waals surface area contributed by atoms with Crippen molar-refractivity contribution in [1.29, 1.82) is 0 Å². The van der Waals surface area contributed by atoms with Gasteiger partial charge >= 0.3 is 0 Å². The zero-order valence-corrected chi connectivity index (χ0v) is 16.0. The predicted molar refractivity (Wildman–Crippen MR) is 106 cm³/mol. The summed E-state index contributed by atoms with van der Waals surface area (Å²) in [6.45, 7) is 7.47. The van der Waals surface area contributed by atoms with E-state index >= 15 is 0 Å². The van der Waals surface area contributed by atoms with Crippen molar-refractivity contribution in [3.05, 3.63) is 48.5 Å². The fraction of sp³-hybridized carbons (Fsp3) is 0.474. The Morgan fingerprint density at radius 1 is 1.40 bits per heavy atom. The Kier molecular flexibility index (Phi) is 6.02. The molecule has 0 bridgehead atoms. The second-order valence-corrected chi connectivity index (χ2v) is 7.95. The van der Waals surface area contributed by atoms with E-state index in [0.29, 0.717) is 11.2 Å². The number of nitrogens with one attached hydrogen (secondary N) is 1. The lowest BCUT2D eigenvalue weighted by Crippen LogP contribution is -2.48. The standard InChI is InChI=1S/C19H27N5S/c1-15(2)18-13-23(10-11-25-18)19(20-3)22-12-16-6-4-5-7-17(16)24-9-8-21-14-24/h4-9,14-15,18H,10-13H2,1-3H3,(H,20,22). The van der Waals surface area contributed by atoms with E-state index in [4.69, 9.17) is 0 Å². The first-order valence-electron chi connectivity index (χ1n) is 8.82. The van der Waals surface area contributed by atoms with Crippen LogP contribution in [0, 0.1) is 5.92 Å². The normalized spacial score (nSPS) is 18.6. The largest absolute Gasteiger partial charge is 0.352 e. The van der Waals surface area contributed by atoms with Gasteiger partial charge in [0.15, 0.2) is 5.96 Å². The maximum absolute atomic E-state index is 4.52. The number of hydrogen-bond donors (Lipinski definition) is 1. The fourth-order valence-electron chi connectivity index (χ4n) is 3.09. The van der Waals surface area contributed by atoms with E-state index in [1.165, 1.54) is 5.56 Å². The van der Waals surface area contributed by atoms with Crippen LogP contribution in [-0.2, 0) is 6.54 Å². The van der Waals surface area contributed by atoms with E-state index in [1.807, 2.05) is 24.1 Å². The first-order valence-corrected chi connectivity index (χ1v) is 9.87. The van der Waals surface area contributed by atoms with Crippen LogP contribution in [0.4, 0.5) is 0 Å². The van der Waals surface area contributed by atoms with Gasteiger partial charge in [0.05, 0.1) is 12.0 Å². The average molecular weight is 358 g/mol. The van der Waals surface area contributed by atoms with Gasteiger partial charge in [0, 0.05) is 50.1 Å². The van der Waals surface area contributed by atoms with Crippen molar-refractivity contribution < 1.29 is 0 Å². The zero-order valence-electron chi connectivity index (χ0n) is 15.2. The van der Waals surface area contributed by atoms with Crippen molar-refractivity contribution >= 4 is 17.7 Å². The van der Waals surface area contributed by atoms with Crippen molar-refractivity contribution in [3.8, 4) is 5.69 Å². The van der Waals surface area contributed by atoms with E-state index in [0.717, 1.165) is 37.0 Å². The summed E-state index contributed by atoms with van der Waals surface area (Å²) in [7, 11) is 1.87. The van der Waals surface area contributed by atoms with Crippen molar-refractivity contribution in [2.24, 2.45) is 10.9 Å². The number of nitrogens with zero attached hydrogens (tertiary/aromatic N) is 4. The molecule has 1 aliphatic rings. The third kappa shape index (κ3) is 4.37. The minimum Gasteiger partial charge on any atom is -0.352 e. The number of aliphatic imine (C=N–C) groups is 1. The first kappa shape index (κ1) is 17.9. The molecule has 0 radical (unpaired) electrons. The minimum atomic E-state index is 0.672. The maximum atomic E-state index is 4.52. The third-order valence-corrected chi connectivity index (χ3v) is 6.10. The lowest BCUT2D eigenvalue weighted by atomic mass is 10.1. The molecule has 2 heterocycles. The van der Waals surface area contributed by atoms with Gasteiger partial charge in [0.2, 0.25) is 0 Å². The summed E-state index contributed by atoms with van der Waals surface area (Å²) < 4.78 is 2.05. The molecule has 1 N–H and O–H groups in total. The molecule has 1 unspecified atom stereocenters. The maximum Gasteiger partial charge on any atom is 0.193 e. The van der Waals surface area contributed by atoms with Gasteiger partial charge in [-0.15, -0.1) is 0 Å². The Hall–Kier alpha value is -1.95. The van der Waals surface area contributed by atoms with Crippen LogP contribution in [0.5, 0.6) is 0 Å². The Labute approximate surface area is 154 Å². The van der Waals surface area contributed by atoms with Crippen LogP contribution in [0.1, 0.15) is 19.4 Å². The number of thioether (sulfide) groups is 1. The van der Waals surface area contributed by atoms with Crippen LogP contribution >= 0.6 is 11.8 Å². The molecule has 0 spiro atoms. The molecule has 134 valence electrons. The summed E-state index contributed by atoms with van der Waals surface area (Å²) >= 11 is 2.08. The first-order chi connectivity index (χ1) is 12.2. The molecule has 0 saturated carbocycles. The van der Waals surface area contributed by atoms with Gasteiger partial charge in [-0.3, -0.25) is 4.99 Å². The van der Waals surface area contributed by atoms with Crippen molar-refractivity contribution in [2.75, 3.05) is 25.9 Å². The number of rotatable bonds is 4. The predicted octanol–water partition coefficient (Wildman–Crippen LogP) is 3.02. The van der Waals surface area contributed by atoms with Crippen LogP contribution < -0.4 is 5.32 Å². The minimum absolute atomic E-state index is 0.672. The molecule has 25 heavy (non-hydrogen) atoms. The summed E-state index contributed by atoms with van der Waals surface area (Å²) in [6, 6.07) is 8.40. The van der Waals surface area contributed by atoms with Crippen LogP contribution in [0.25, 0.3) is 5.69 Å². The van der Waals surface area contributed by atoms with Gasteiger partial charge in [0.25, 0.3) is 0 Å². The fourth-order valence-corrected chi connectivity index (χ4v) is 4.39. The molecule has 1 fully saturated rings. The molecule has 0 aliphatic carbocycles. The smallest absolute Gasteiger partial charge is 0.193 e. The highest BCUT2D eigenvalue weighted by Crippen LogP contribution is 2.25. The monoisotopic (exact) mass is 357 g/mol. The Bertz CT molecular complexity index is 696. The zero-order chi connectivity index (χ0) is 17.6. The highest BCUT2D eigenvalue weighted by atomic mass is 32.2. The van der Waals surface area contributed by atoms with E-state index in [1.54, 1.807) is 6.20 Å². The van der Waals surface area contributed by atoms with Crippen LogP contribution in [0.2, 0.25) is 0 Å². The van der Waals surface area contributed by atoms with Crippen LogP contribution in [-0.4, -0.2) is 51.6 Å². The molecular weight excluding hydrogens is 330 g/mol. The Balaban J connectivity index is 1.68. The quantitative estimate of drug-likeness (QED) is 0.675. The summed E-state index contributed by atoms with van der Waals surface area (Å²) in [6.07, 6.45) is 5.62. The van der Waals surface area contributed by atoms with E-state index in [9.17, 15) is 0 Å². The molecule has 1 saturated heterocycles. The molecule has 1 atom stereocenters. The SMILES string of the molecule is CN=C(NCc1ccccc1-n1ccnc1)N1CCSC(C(C)C)C1. The highest BCUT2D eigenvalue weighted by Gasteiger charge is 2.24. The Morgan fingerprint density at radius 2 is 2.24 bits per heavy atom. The molecule has 1 aromatic carbocycles. The molecule has 5 nitrogen and oxygen atoms in total. The molecule has 6 heteroatoms. The van der Waals surface area contributed by atoms with Crippen molar-refractivity contribution in [3.63, 3.8) is 0 Å².